The molecule has 0 radical (unpaired) electrons. The van der Waals surface area contributed by atoms with E-state index >= 15 is 0 Å². The number of aryl methyl sites for hydroxylation is 1. The second kappa shape index (κ2) is 6.57. The molecule has 4 heteroatoms. The molecule has 20 heavy (non-hydrogen) atoms. The molecule has 0 spiro atoms. The van der Waals surface area contributed by atoms with Crippen molar-refractivity contribution in [1.29, 1.82) is 0 Å². The molecule has 1 atom stereocenters. The first kappa shape index (κ1) is 15.3. The Balaban J connectivity index is 2.34. The molecule has 0 aliphatic carbocycles. The van der Waals surface area contributed by atoms with Gasteiger partial charge in [-0.1, -0.05) is 35.3 Å². The summed E-state index contributed by atoms with van der Waals surface area (Å²) in [5.74, 6) is -0.225. The number of rotatable bonds is 4. The lowest BCUT2D eigenvalue weighted by Crippen LogP contribution is -2.20. The van der Waals surface area contributed by atoms with E-state index in [2.05, 4.69) is 5.32 Å². The van der Waals surface area contributed by atoms with Gasteiger partial charge in [-0.2, -0.15) is 0 Å². The molecular weight excluding hydrogens is 296 g/mol. The lowest BCUT2D eigenvalue weighted by atomic mass is 9.95. The van der Waals surface area contributed by atoms with Crippen molar-refractivity contribution in [3.63, 3.8) is 0 Å². The van der Waals surface area contributed by atoms with Gasteiger partial charge in [-0.05, 0) is 61.3 Å². The van der Waals surface area contributed by atoms with Crippen LogP contribution in [-0.4, -0.2) is 7.05 Å². The Kier molecular flexibility index (Phi) is 5.03. The van der Waals surface area contributed by atoms with Crippen LogP contribution in [0, 0.1) is 12.7 Å². The van der Waals surface area contributed by atoms with Crippen LogP contribution in [0.2, 0.25) is 10.0 Å². The highest BCUT2D eigenvalue weighted by atomic mass is 35.5. The van der Waals surface area contributed by atoms with Gasteiger partial charge < -0.3 is 5.32 Å². The predicted octanol–water partition coefficient (Wildman–Crippen LogP) is 4.94. The quantitative estimate of drug-likeness (QED) is 0.843. The molecule has 0 aliphatic heterocycles. The van der Waals surface area contributed by atoms with Gasteiger partial charge in [0.15, 0.2) is 0 Å². The van der Waals surface area contributed by atoms with Crippen LogP contribution in [0.4, 0.5) is 4.39 Å². The smallest absolute Gasteiger partial charge is 0.123 e. The summed E-state index contributed by atoms with van der Waals surface area (Å²) in [4.78, 5) is 0. The number of benzene rings is 2. The van der Waals surface area contributed by atoms with Gasteiger partial charge in [-0.15, -0.1) is 0 Å². The molecule has 106 valence electrons. The van der Waals surface area contributed by atoms with Crippen molar-refractivity contribution in [1.82, 2.24) is 5.32 Å². The molecule has 2 rings (SSSR count). The van der Waals surface area contributed by atoms with Crippen molar-refractivity contribution < 1.29 is 4.39 Å². The third-order valence-corrected chi connectivity index (χ3v) is 4.13. The minimum Gasteiger partial charge on any atom is -0.313 e. The molecule has 2 aromatic carbocycles. The molecular formula is C16H16Cl2FN. The van der Waals surface area contributed by atoms with Crippen molar-refractivity contribution in [2.75, 3.05) is 7.05 Å². The van der Waals surface area contributed by atoms with Crippen LogP contribution in [0.5, 0.6) is 0 Å². The summed E-state index contributed by atoms with van der Waals surface area (Å²) in [7, 11) is 1.87. The number of hydrogen-bond acceptors (Lipinski definition) is 1. The maximum Gasteiger partial charge on any atom is 0.123 e. The molecule has 1 N–H and O–H groups in total. The molecule has 2 aromatic rings. The Bertz CT molecular complexity index is 593. The topological polar surface area (TPSA) is 12.0 Å². The first-order valence-corrected chi connectivity index (χ1v) is 7.14. The van der Waals surface area contributed by atoms with Gasteiger partial charge in [0.05, 0.1) is 0 Å². The Morgan fingerprint density at radius 1 is 1.15 bits per heavy atom. The van der Waals surface area contributed by atoms with Gasteiger partial charge in [0.1, 0.15) is 5.82 Å². The highest BCUT2D eigenvalue weighted by Gasteiger charge is 2.16. The van der Waals surface area contributed by atoms with Crippen LogP contribution >= 0.6 is 23.2 Å². The second-order valence-corrected chi connectivity index (χ2v) is 5.56. The molecule has 1 unspecified atom stereocenters. The van der Waals surface area contributed by atoms with Crippen LogP contribution in [0.25, 0.3) is 0 Å². The summed E-state index contributed by atoms with van der Waals surface area (Å²) in [5.41, 5.74) is 2.86. The molecule has 0 aliphatic rings. The van der Waals surface area contributed by atoms with Gasteiger partial charge in [0.25, 0.3) is 0 Å². The number of nitrogens with one attached hydrogen (secondary N) is 1. The zero-order valence-electron chi connectivity index (χ0n) is 11.4. The maximum atomic E-state index is 13.2. The van der Waals surface area contributed by atoms with E-state index in [0.717, 1.165) is 16.7 Å². The molecule has 1 nitrogen and oxygen atoms in total. The lowest BCUT2D eigenvalue weighted by molar-refractivity contribution is 0.582. The van der Waals surface area contributed by atoms with E-state index in [1.165, 1.54) is 12.1 Å². The highest BCUT2D eigenvalue weighted by molar-refractivity contribution is 6.36. The molecule has 0 bridgehead atoms. The molecule has 0 saturated heterocycles. The van der Waals surface area contributed by atoms with Crippen molar-refractivity contribution >= 4 is 23.2 Å². The van der Waals surface area contributed by atoms with E-state index in [-0.39, 0.29) is 11.9 Å². The van der Waals surface area contributed by atoms with Gasteiger partial charge in [-0.25, -0.2) is 4.39 Å². The Morgan fingerprint density at radius 3 is 2.35 bits per heavy atom. The van der Waals surface area contributed by atoms with E-state index in [1.807, 2.05) is 32.2 Å². The fourth-order valence-corrected chi connectivity index (χ4v) is 2.88. The average Bonchev–Trinajstić information content (AvgIpc) is 2.40. The van der Waals surface area contributed by atoms with E-state index in [0.29, 0.717) is 16.5 Å². The highest BCUT2D eigenvalue weighted by Crippen LogP contribution is 2.30. The van der Waals surface area contributed by atoms with Crippen molar-refractivity contribution in [3.05, 3.63) is 69.0 Å². The van der Waals surface area contributed by atoms with Crippen LogP contribution in [0.1, 0.15) is 22.7 Å². The van der Waals surface area contributed by atoms with E-state index < -0.39 is 0 Å². The fraction of sp³-hybridized carbons (Fsp3) is 0.250. The van der Waals surface area contributed by atoms with Crippen molar-refractivity contribution in [3.8, 4) is 0 Å². The Labute approximate surface area is 128 Å². The second-order valence-electron chi connectivity index (χ2n) is 4.75. The zero-order valence-corrected chi connectivity index (χ0v) is 12.9. The van der Waals surface area contributed by atoms with Crippen LogP contribution in [-0.2, 0) is 6.42 Å². The SMILES string of the molecule is CNC(Cc1c(Cl)cccc1Cl)c1ccc(F)cc1C. The van der Waals surface area contributed by atoms with Gasteiger partial charge >= 0.3 is 0 Å². The maximum absolute atomic E-state index is 13.2. The lowest BCUT2D eigenvalue weighted by Gasteiger charge is -2.20. The average molecular weight is 312 g/mol. The van der Waals surface area contributed by atoms with E-state index in [1.54, 1.807) is 6.07 Å². The molecule has 0 amide bonds. The minimum atomic E-state index is -0.225. The zero-order chi connectivity index (χ0) is 14.7. The summed E-state index contributed by atoms with van der Waals surface area (Å²) < 4.78 is 13.2. The third kappa shape index (κ3) is 3.32. The van der Waals surface area contributed by atoms with Crippen LogP contribution < -0.4 is 5.32 Å². The monoisotopic (exact) mass is 311 g/mol. The minimum absolute atomic E-state index is 0.0352. The molecule has 0 fully saturated rings. The van der Waals surface area contributed by atoms with E-state index in [4.69, 9.17) is 23.2 Å². The largest absolute Gasteiger partial charge is 0.313 e. The summed E-state index contributed by atoms with van der Waals surface area (Å²) >= 11 is 12.4. The molecule has 0 aromatic heterocycles. The Hall–Kier alpha value is -1.09. The summed E-state index contributed by atoms with van der Waals surface area (Å²) in [6.45, 7) is 1.90. The standard InChI is InChI=1S/C16H16Cl2FN/c1-10-8-11(19)6-7-12(10)16(20-2)9-13-14(17)4-3-5-15(13)18/h3-8,16,20H,9H2,1-2H3. The summed E-state index contributed by atoms with van der Waals surface area (Å²) in [6.07, 6.45) is 0.654. The first-order valence-electron chi connectivity index (χ1n) is 6.39. The fourth-order valence-electron chi connectivity index (χ4n) is 2.33. The van der Waals surface area contributed by atoms with Gasteiger partial charge in [0.2, 0.25) is 0 Å². The van der Waals surface area contributed by atoms with E-state index in [9.17, 15) is 4.39 Å². The van der Waals surface area contributed by atoms with Crippen molar-refractivity contribution in [2.45, 2.75) is 19.4 Å². The van der Waals surface area contributed by atoms with Crippen molar-refractivity contribution in [2.24, 2.45) is 0 Å². The van der Waals surface area contributed by atoms with Crippen LogP contribution in [0.3, 0.4) is 0 Å². The number of halogens is 3. The number of likely N-dealkylation sites (N-methyl/N-ethyl adjacent to an activating group) is 1. The molecule has 0 heterocycles. The normalized spacial score (nSPS) is 12.4. The summed E-state index contributed by atoms with van der Waals surface area (Å²) in [6, 6.07) is 10.3. The molecule has 0 saturated carbocycles. The number of hydrogen-bond donors (Lipinski definition) is 1. The predicted molar refractivity (Wildman–Crippen MR) is 83.1 cm³/mol. The summed E-state index contributed by atoms with van der Waals surface area (Å²) in [5, 5.41) is 4.54. The van der Waals surface area contributed by atoms with Gasteiger partial charge in [-0.3, -0.25) is 0 Å². The first-order chi connectivity index (χ1) is 9.52. The third-order valence-electron chi connectivity index (χ3n) is 3.43. The van der Waals surface area contributed by atoms with Gasteiger partial charge in [0, 0.05) is 16.1 Å². The van der Waals surface area contributed by atoms with Crippen LogP contribution in [0.15, 0.2) is 36.4 Å². The Morgan fingerprint density at radius 2 is 1.80 bits per heavy atom.